The van der Waals surface area contributed by atoms with Gasteiger partial charge in [-0.2, -0.15) is 5.26 Å². The van der Waals surface area contributed by atoms with Gasteiger partial charge in [-0.15, -0.1) is 0 Å². The third-order valence-electron chi connectivity index (χ3n) is 7.43. The highest BCUT2D eigenvalue weighted by Gasteiger charge is 2.35. The van der Waals surface area contributed by atoms with Crippen molar-refractivity contribution in [3.63, 3.8) is 0 Å². The van der Waals surface area contributed by atoms with Gasteiger partial charge < -0.3 is 9.80 Å². The first-order valence-electron chi connectivity index (χ1n) is 13.2. The van der Waals surface area contributed by atoms with E-state index in [0.717, 1.165) is 55.4 Å². The predicted molar refractivity (Wildman–Crippen MR) is 154 cm³/mol. The zero-order valence-electron chi connectivity index (χ0n) is 21.6. The van der Waals surface area contributed by atoms with Crippen LogP contribution in [0.25, 0.3) is 0 Å². The molecule has 0 saturated carbocycles. The minimum atomic E-state index is -0.284. The maximum atomic E-state index is 13.2. The SMILES string of the molecule is N#Cc1cccc(N(Br)C(=O)NCCC[N+]2(CC(=O)c3ccccc3)CCC(Cc3ccccc3)CC2)c1. The molecule has 0 spiro atoms. The molecular weight excluding hydrogens is 540 g/mol. The quantitative estimate of drug-likeness (QED) is 0.137. The highest BCUT2D eigenvalue weighted by atomic mass is 79.9. The van der Waals surface area contributed by atoms with E-state index in [9.17, 15) is 9.59 Å². The smallest absolute Gasteiger partial charge is 0.332 e. The molecule has 7 heteroatoms. The average Bonchev–Trinajstić information content (AvgIpc) is 2.97. The summed E-state index contributed by atoms with van der Waals surface area (Å²) in [6.45, 7) is 3.77. The van der Waals surface area contributed by atoms with Gasteiger partial charge in [0.1, 0.15) is 6.54 Å². The maximum absolute atomic E-state index is 13.2. The Labute approximate surface area is 233 Å². The molecule has 0 radical (unpaired) electrons. The van der Waals surface area contributed by atoms with Gasteiger partial charge >= 0.3 is 6.03 Å². The van der Waals surface area contributed by atoms with E-state index in [1.165, 1.54) is 9.49 Å². The monoisotopic (exact) mass is 573 g/mol. The fourth-order valence-corrected chi connectivity index (χ4v) is 5.64. The third-order valence-corrected chi connectivity index (χ3v) is 8.16. The Morgan fingerprint density at radius 3 is 2.34 bits per heavy atom. The van der Waals surface area contributed by atoms with Crippen molar-refractivity contribution in [2.45, 2.75) is 25.7 Å². The van der Waals surface area contributed by atoms with Crippen LogP contribution in [-0.4, -0.2) is 49.0 Å². The number of ketones is 1. The summed E-state index contributed by atoms with van der Waals surface area (Å²) in [4.78, 5) is 25.9. The summed E-state index contributed by atoms with van der Waals surface area (Å²) >= 11 is 3.31. The summed E-state index contributed by atoms with van der Waals surface area (Å²) in [5.41, 5.74) is 3.23. The molecule has 0 aliphatic carbocycles. The van der Waals surface area contributed by atoms with Crippen LogP contribution in [0.2, 0.25) is 0 Å². The number of likely N-dealkylation sites (tertiary alicyclic amines) is 1. The van der Waals surface area contributed by atoms with Gasteiger partial charge in [0.05, 0.1) is 53.1 Å². The molecule has 1 heterocycles. The number of carbonyl (C=O) groups is 2. The van der Waals surface area contributed by atoms with Crippen molar-refractivity contribution in [2.24, 2.45) is 5.92 Å². The van der Waals surface area contributed by atoms with Crippen molar-refractivity contribution < 1.29 is 14.1 Å². The summed E-state index contributed by atoms with van der Waals surface area (Å²) < 4.78 is 2.10. The largest absolute Gasteiger partial charge is 0.337 e. The van der Waals surface area contributed by atoms with E-state index < -0.39 is 0 Å². The second-order valence-corrected chi connectivity index (χ2v) is 10.8. The first-order chi connectivity index (χ1) is 18.5. The first-order valence-corrected chi connectivity index (χ1v) is 13.9. The van der Waals surface area contributed by atoms with E-state index in [2.05, 4.69) is 57.9 Å². The predicted octanol–water partition coefficient (Wildman–Crippen LogP) is 6.13. The highest BCUT2D eigenvalue weighted by Crippen LogP contribution is 2.28. The number of carbonyl (C=O) groups excluding carboxylic acids is 2. The van der Waals surface area contributed by atoms with E-state index >= 15 is 0 Å². The molecule has 2 amide bonds. The lowest BCUT2D eigenvalue weighted by atomic mass is 9.88. The molecule has 0 unspecified atom stereocenters. The van der Waals surface area contributed by atoms with Crippen LogP contribution in [0.1, 0.15) is 40.7 Å². The van der Waals surface area contributed by atoms with Crippen LogP contribution in [0, 0.1) is 17.2 Å². The number of hydrogen-bond acceptors (Lipinski definition) is 3. The van der Waals surface area contributed by atoms with Crippen LogP contribution >= 0.6 is 16.1 Å². The molecule has 3 aromatic carbocycles. The summed E-state index contributed by atoms with van der Waals surface area (Å²) in [6.07, 6.45) is 4.04. The Kier molecular flexibility index (Phi) is 9.69. The van der Waals surface area contributed by atoms with Crippen molar-refractivity contribution in [1.82, 2.24) is 5.32 Å². The number of quaternary nitrogens is 1. The van der Waals surface area contributed by atoms with Gasteiger partial charge in [-0.05, 0) is 48.9 Å². The van der Waals surface area contributed by atoms with Crippen LogP contribution in [-0.2, 0) is 6.42 Å². The number of nitrogens with one attached hydrogen (secondary N) is 1. The lowest BCUT2D eigenvalue weighted by Gasteiger charge is -2.43. The summed E-state index contributed by atoms with van der Waals surface area (Å²) in [6, 6.07) is 28.9. The lowest BCUT2D eigenvalue weighted by molar-refractivity contribution is -0.926. The zero-order chi connectivity index (χ0) is 26.8. The van der Waals surface area contributed by atoms with Crippen LogP contribution in [0.4, 0.5) is 10.5 Å². The minimum absolute atomic E-state index is 0.181. The second kappa shape index (κ2) is 13.4. The number of piperidine rings is 1. The number of anilines is 1. The molecule has 38 heavy (non-hydrogen) atoms. The molecule has 1 aliphatic rings. The maximum Gasteiger partial charge on any atom is 0.332 e. The highest BCUT2D eigenvalue weighted by molar-refractivity contribution is 9.10. The van der Waals surface area contributed by atoms with Crippen LogP contribution in [0.15, 0.2) is 84.9 Å². The number of urea groups is 1. The van der Waals surface area contributed by atoms with Gasteiger partial charge in [0, 0.05) is 18.5 Å². The molecule has 4 rings (SSSR count). The van der Waals surface area contributed by atoms with Crippen molar-refractivity contribution >= 4 is 33.6 Å². The molecule has 3 aromatic rings. The molecule has 1 N–H and O–H groups in total. The fourth-order valence-electron chi connectivity index (χ4n) is 5.30. The standard InChI is InChI=1S/C31H33BrN4O2/c32-35(29-14-7-11-27(22-29)23-33)31(38)34-17-8-18-36(24-30(37)28-12-5-2-6-13-28)19-15-26(16-20-36)21-25-9-3-1-4-10-25/h1-7,9-14,22,26H,8,15-21,24H2/p+1. The van der Waals surface area contributed by atoms with E-state index in [-0.39, 0.29) is 11.8 Å². The summed E-state index contributed by atoms with van der Waals surface area (Å²) in [5.74, 6) is 0.807. The summed E-state index contributed by atoms with van der Waals surface area (Å²) in [7, 11) is 0. The van der Waals surface area contributed by atoms with Gasteiger partial charge in [-0.1, -0.05) is 66.7 Å². The molecular formula is C31H34BrN4O2+. The van der Waals surface area contributed by atoms with E-state index in [1.54, 1.807) is 24.3 Å². The van der Waals surface area contributed by atoms with Crippen LogP contribution in [0.5, 0.6) is 0 Å². The molecule has 1 aliphatic heterocycles. The Morgan fingerprint density at radius 2 is 1.66 bits per heavy atom. The zero-order valence-corrected chi connectivity index (χ0v) is 23.1. The molecule has 196 valence electrons. The number of Topliss-reactive ketones (excluding diaryl/α,β-unsaturated/α-hetero) is 1. The minimum Gasteiger partial charge on any atom is -0.337 e. The average molecular weight is 575 g/mol. The number of rotatable bonds is 10. The second-order valence-electron chi connectivity index (χ2n) is 10.1. The number of hydrogen-bond donors (Lipinski definition) is 1. The topological polar surface area (TPSA) is 73.2 Å². The van der Waals surface area contributed by atoms with Crippen molar-refractivity contribution in [3.8, 4) is 6.07 Å². The molecule has 0 aromatic heterocycles. The van der Waals surface area contributed by atoms with Crippen LogP contribution in [0.3, 0.4) is 0 Å². The lowest BCUT2D eigenvalue weighted by Crippen LogP contribution is -2.56. The Balaban J connectivity index is 1.34. The van der Waals surface area contributed by atoms with Crippen molar-refractivity contribution in [2.75, 3.05) is 36.6 Å². The van der Waals surface area contributed by atoms with Crippen LogP contribution < -0.4 is 9.24 Å². The summed E-state index contributed by atoms with van der Waals surface area (Å²) in [5, 5.41) is 12.1. The van der Waals surface area contributed by atoms with Gasteiger partial charge in [-0.25, -0.2) is 8.72 Å². The van der Waals surface area contributed by atoms with Gasteiger partial charge in [-0.3, -0.25) is 4.79 Å². The first kappa shape index (κ1) is 27.6. The molecule has 6 nitrogen and oxygen atoms in total. The normalized spacial score (nSPS) is 18.8. The Morgan fingerprint density at radius 1 is 0.974 bits per heavy atom. The van der Waals surface area contributed by atoms with Crippen molar-refractivity contribution in [1.29, 1.82) is 5.26 Å². The van der Waals surface area contributed by atoms with E-state index in [1.807, 2.05) is 30.3 Å². The number of halogens is 1. The van der Waals surface area contributed by atoms with Gasteiger partial charge in [0.15, 0.2) is 0 Å². The molecule has 0 bridgehead atoms. The number of amides is 2. The van der Waals surface area contributed by atoms with E-state index in [4.69, 9.17) is 5.26 Å². The van der Waals surface area contributed by atoms with Crippen molar-refractivity contribution in [3.05, 3.63) is 102 Å². The molecule has 1 fully saturated rings. The van der Waals surface area contributed by atoms with Gasteiger partial charge in [0.25, 0.3) is 0 Å². The van der Waals surface area contributed by atoms with Gasteiger partial charge in [0.2, 0.25) is 5.78 Å². The Hall–Kier alpha value is -3.47. The fraction of sp³-hybridized carbons (Fsp3) is 0.323. The third kappa shape index (κ3) is 7.53. The van der Waals surface area contributed by atoms with E-state index in [0.29, 0.717) is 30.3 Å². The number of nitriles is 1. The molecule has 1 saturated heterocycles. The number of benzene rings is 3. The molecule has 0 atom stereocenters. The number of nitrogens with zero attached hydrogens (tertiary/aromatic N) is 3. The Bertz CT molecular complexity index is 1250.